The van der Waals surface area contributed by atoms with E-state index in [1.165, 1.54) is 24.1 Å². The maximum absolute atomic E-state index is 12.3. The number of halogens is 2. The highest BCUT2D eigenvalue weighted by Crippen LogP contribution is 2.30. The summed E-state index contributed by atoms with van der Waals surface area (Å²) in [7, 11) is 1.35. The lowest BCUT2D eigenvalue weighted by Crippen LogP contribution is -2.31. The van der Waals surface area contributed by atoms with Crippen molar-refractivity contribution in [3.63, 3.8) is 0 Å². The van der Waals surface area contributed by atoms with Crippen LogP contribution in [0.15, 0.2) is 23.9 Å². The number of benzene rings is 1. The van der Waals surface area contributed by atoms with Gasteiger partial charge < -0.3 is 14.8 Å². The molecule has 0 atom stereocenters. The standard InChI is InChI=1S/C16H18F2N2O3S/c1-3-4-7-20-14(21)11(19-16(20)24)8-10-5-6-12(23-15(17)18)13(9-10)22-2/h5-6,8-9,15H,3-4,7H2,1-2H3,(H,19,24). The second kappa shape index (κ2) is 8.05. The first-order valence-corrected chi connectivity index (χ1v) is 7.84. The highest BCUT2D eigenvalue weighted by molar-refractivity contribution is 7.80. The number of carbonyl (C=O) groups is 1. The Morgan fingerprint density at radius 1 is 1.38 bits per heavy atom. The van der Waals surface area contributed by atoms with Crippen molar-refractivity contribution >= 4 is 29.3 Å². The van der Waals surface area contributed by atoms with Crippen LogP contribution in [0.5, 0.6) is 11.5 Å². The van der Waals surface area contributed by atoms with E-state index in [0.717, 1.165) is 12.8 Å². The second-order valence-corrected chi connectivity index (χ2v) is 5.47. The molecule has 1 aliphatic heterocycles. The Hall–Kier alpha value is -2.22. The van der Waals surface area contributed by atoms with Gasteiger partial charge in [-0.05, 0) is 42.4 Å². The number of rotatable bonds is 7. The molecule has 2 rings (SSSR count). The SMILES string of the molecule is CCCCN1C(=O)C(=Cc2ccc(OC(F)F)c(OC)c2)NC1=S. The summed E-state index contributed by atoms with van der Waals surface area (Å²) in [6.45, 7) is -0.350. The number of unbranched alkanes of at least 4 members (excludes halogenated alkanes) is 1. The summed E-state index contributed by atoms with van der Waals surface area (Å²) in [5.41, 5.74) is 0.935. The Bertz CT molecular complexity index is 665. The van der Waals surface area contributed by atoms with E-state index in [4.69, 9.17) is 17.0 Å². The molecule has 0 radical (unpaired) electrons. The fraction of sp³-hybridized carbons (Fsp3) is 0.375. The first-order chi connectivity index (χ1) is 11.5. The topological polar surface area (TPSA) is 50.8 Å². The molecule has 1 saturated heterocycles. The summed E-state index contributed by atoms with van der Waals surface area (Å²) >= 11 is 5.17. The van der Waals surface area contributed by atoms with Crippen LogP contribution >= 0.6 is 12.2 Å². The number of amides is 1. The number of alkyl halides is 2. The molecule has 1 amide bonds. The van der Waals surface area contributed by atoms with E-state index in [9.17, 15) is 13.6 Å². The van der Waals surface area contributed by atoms with Gasteiger partial charge in [-0.1, -0.05) is 19.4 Å². The number of thiocarbonyl (C=S) groups is 1. The van der Waals surface area contributed by atoms with Gasteiger partial charge in [-0.25, -0.2) is 0 Å². The van der Waals surface area contributed by atoms with Crippen LogP contribution in [0, 0.1) is 0 Å². The summed E-state index contributed by atoms with van der Waals surface area (Å²) in [6.07, 6.45) is 3.40. The lowest BCUT2D eigenvalue weighted by Gasteiger charge is -2.12. The Labute approximate surface area is 144 Å². The third-order valence-corrected chi connectivity index (χ3v) is 3.73. The van der Waals surface area contributed by atoms with E-state index < -0.39 is 6.61 Å². The van der Waals surface area contributed by atoms with Crippen LogP contribution in [0.2, 0.25) is 0 Å². The number of nitrogens with zero attached hydrogens (tertiary/aromatic N) is 1. The summed E-state index contributed by atoms with van der Waals surface area (Å²) in [5, 5.41) is 3.24. The lowest BCUT2D eigenvalue weighted by atomic mass is 10.1. The molecule has 1 aromatic rings. The maximum Gasteiger partial charge on any atom is 0.387 e. The molecule has 0 bridgehead atoms. The molecule has 0 aromatic heterocycles. The van der Waals surface area contributed by atoms with Gasteiger partial charge in [0.15, 0.2) is 16.6 Å². The third-order valence-electron chi connectivity index (χ3n) is 3.41. The molecule has 1 fully saturated rings. The zero-order valence-corrected chi connectivity index (χ0v) is 14.2. The number of hydrogen-bond acceptors (Lipinski definition) is 4. The lowest BCUT2D eigenvalue weighted by molar-refractivity contribution is -0.122. The van der Waals surface area contributed by atoms with Gasteiger partial charge in [0.1, 0.15) is 5.70 Å². The van der Waals surface area contributed by atoms with Gasteiger partial charge in [-0.2, -0.15) is 8.78 Å². The van der Waals surface area contributed by atoms with Crippen molar-refractivity contribution in [1.82, 2.24) is 10.2 Å². The quantitative estimate of drug-likeness (QED) is 0.601. The minimum atomic E-state index is -2.94. The second-order valence-electron chi connectivity index (χ2n) is 5.09. The average molecular weight is 356 g/mol. The smallest absolute Gasteiger partial charge is 0.387 e. The van der Waals surface area contributed by atoms with Crippen LogP contribution in [-0.2, 0) is 4.79 Å². The summed E-state index contributed by atoms with van der Waals surface area (Å²) in [4.78, 5) is 13.9. The molecule has 0 unspecified atom stereocenters. The fourth-order valence-corrected chi connectivity index (χ4v) is 2.51. The summed E-state index contributed by atoms with van der Waals surface area (Å²) in [6, 6.07) is 4.43. The molecule has 0 saturated carbocycles. The van der Waals surface area contributed by atoms with Gasteiger partial charge >= 0.3 is 6.61 Å². The zero-order valence-electron chi connectivity index (χ0n) is 13.3. The normalized spacial score (nSPS) is 16.0. The Morgan fingerprint density at radius 3 is 2.75 bits per heavy atom. The van der Waals surface area contributed by atoms with Crippen molar-refractivity contribution < 1.29 is 23.0 Å². The van der Waals surface area contributed by atoms with Crippen LogP contribution < -0.4 is 14.8 Å². The van der Waals surface area contributed by atoms with Crippen LogP contribution in [0.1, 0.15) is 25.3 Å². The van der Waals surface area contributed by atoms with Crippen LogP contribution in [0.4, 0.5) is 8.78 Å². The number of ether oxygens (including phenoxy) is 2. The monoisotopic (exact) mass is 356 g/mol. The van der Waals surface area contributed by atoms with Crippen molar-refractivity contribution in [3.8, 4) is 11.5 Å². The van der Waals surface area contributed by atoms with Gasteiger partial charge in [0.25, 0.3) is 5.91 Å². The number of methoxy groups -OCH3 is 1. The minimum Gasteiger partial charge on any atom is -0.493 e. The van der Waals surface area contributed by atoms with Crippen molar-refractivity contribution in [3.05, 3.63) is 29.5 Å². The van der Waals surface area contributed by atoms with E-state index in [1.54, 1.807) is 12.1 Å². The largest absolute Gasteiger partial charge is 0.493 e. The Balaban J connectivity index is 2.22. The maximum atomic E-state index is 12.3. The summed E-state index contributed by atoms with van der Waals surface area (Å²) < 4.78 is 34.1. The number of hydrogen-bond donors (Lipinski definition) is 1. The van der Waals surface area contributed by atoms with Crippen LogP contribution in [-0.4, -0.2) is 36.2 Å². The van der Waals surface area contributed by atoms with Gasteiger partial charge in [-0.15, -0.1) is 0 Å². The molecule has 1 heterocycles. The molecule has 0 aliphatic carbocycles. The highest BCUT2D eigenvalue weighted by atomic mass is 32.1. The van der Waals surface area contributed by atoms with Crippen molar-refractivity contribution in [1.29, 1.82) is 0 Å². The van der Waals surface area contributed by atoms with E-state index >= 15 is 0 Å². The Kier molecular flexibility index (Phi) is 6.08. The molecule has 5 nitrogen and oxygen atoms in total. The van der Waals surface area contributed by atoms with Gasteiger partial charge in [-0.3, -0.25) is 9.69 Å². The van der Waals surface area contributed by atoms with Crippen LogP contribution in [0.3, 0.4) is 0 Å². The van der Waals surface area contributed by atoms with E-state index in [-0.39, 0.29) is 17.4 Å². The van der Waals surface area contributed by atoms with Crippen LogP contribution in [0.25, 0.3) is 6.08 Å². The number of nitrogens with one attached hydrogen (secondary N) is 1. The molecule has 0 spiro atoms. The van der Waals surface area contributed by atoms with Gasteiger partial charge in [0, 0.05) is 6.54 Å². The molecule has 8 heteroatoms. The average Bonchev–Trinajstić information content (AvgIpc) is 2.80. The molecular formula is C16H18F2N2O3S. The molecular weight excluding hydrogens is 338 g/mol. The molecule has 24 heavy (non-hydrogen) atoms. The molecule has 130 valence electrons. The molecule has 1 aliphatic rings. The highest BCUT2D eigenvalue weighted by Gasteiger charge is 2.29. The Morgan fingerprint density at radius 2 is 2.12 bits per heavy atom. The van der Waals surface area contributed by atoms with E-state index in [1.807, 2.05) is 6.92 Å². The molecule has 1 N–H and O–H groups in total. The predicted octanol–water partition coefficient (Wildman–Crippen LogP) is 3.15. The van der Waals surface area contributed by atoms with E-state index in [2.05, 4.69) is 10.1 Å². The van der Waals surface area contributed by atoms with E-state index in [0.29, 0.717) is 22.9 Å². The fourth-order valence-electron chi connectivity index (χ4n) is 2.22. The van der Waals surface area contributed by atoms with Gasteiger partial charge in [0.2, 0.25) is 0 Å². The first-order valence-electron chi connectivity index (χ1n) is 7.43. The van der Waals surface area contributed by atoms with Crippen molar-refractivity contribution in [2.75, 3.05) is 13.7 Å². The molecule has 1 aromatic carbocycles. The minimum absolute atomic E-state index is 0.0690. The van der Waals surface area contributed by atoms with Gasteiger partial charge in [0.05, 0.1) is 7.11 Å². The third kappa shape index (κ3) is 4.19. The van der Waals surface area contributed by atoms with Crippen molar-refractivity contribution in [2.45, 2.75) is 26.4 Å². The zero-order chi connectivity index (χ0) is 17.7. The predicted molar refractivity (Wildman–Crippen MR) is 90.0 cm³/mol. The first kappa shape index (κ1) is 18.1. The van der Waals surface area contributed by atoms with Crippen molar-refractivity contribution in [2.24, 2.45) is 0 Å². The number of carbonyl (C=O) groups excluding carboxylic acids is 1. The summed E-state index contributed by atoms with van der Waals surface area (Å²) in [5.74, 6) is -0.124.